The number of aliphatic hydroxyl groups excluding tert-OH is 1. The number of aliphatic hydroxyl groups is 1. The van der Waals surface area contributed by atoms with Crippen LogP contribution in [0.2, 0.25) is 0 Å². The van der Waals surface area contributed by atoms with E-state index in [1.54, 1.807) is 20.3 Å². The fourth-order valence-electron chi connectivity index (χ4n) is 3.94. The van der Waals surface area contributed by atoms with E-state index in [1.165, 1.54) is 23.5 Å². The quantitative estimate of drug-likeness (QED) is 0.525. The van der Waals surface area contributed by atoms with Gasteiger partial charge in [-0.3, -0.25) is 4.79 Å². The van der Waals surface area contributed by atoms with Crippen molar-refractivity contribution in [1.29, 1.82) is 0 Å². The summed E-state index contributed by atoms with van der Waals surface area (Å²) in [5.74, 6) is 0.773. The number of methoxy groups -OCH3 is 2. The molecule has 1 aromatic heterocycles. The average molecular weight is 472 g/mol. The van der Waals surface area contributed by atoms with Crippen LogP contribution in [0.15, 0.2) is 47.8 Å². The number of rotatable bonds is 8. The van der Waals surface area contributed by atoms with Crippen molar-refractivity contribution in [2.24, 2.45) is 0 Å². The number of hydrogen-bond donors (Lipinski definition) is 2. The van der Waals surface area contributed by atoms with Gasteiger partial charge >= 0.3 is 0 Å². The molecule has 2 heterocycles. The van der Waals surface area contributed by atoms with E-state index < -0.39 is 12.1 Å². The lowest BCUT2D eigenvalue weighted by Gasteiger charge is -2.22. The van der Waals surface area contributed by atoms with E-state index >= 15 is 0 Å². The van der Waals surface area contributed by atoms with Crippen LogP contribution in [0.5, 0.6) is 11.5 Å². The van der Waals surface area contributed by atoms with E-state index in [0.29, 0.717) is 42.6 Å². The van der Waals surface area contributed by atoms with E-state index in [4.69, 9.17) is 14.5 Å². The third-order valence-corrected chi connectivity index (χ3v) is 6.48. The van der Waals surface area contributed by atoms with Gasteiger partial charge in [0.1, 0.15) is 11.9 Å². The maximum atomic E-state index is 13.3. The average Bonchev–Trinajstić information content (AvgIpc) is 3.45. The molecule has 1 amide bonds. The molecule has 0 radical (unpaired) electrons. The summed E-state index contributed by atoms with van der Waals surface area (Å²) >= 11 is 1.42. The largest absolute Gasteiger partial charge is 0.493 e. The molecule has 1 unspecified atom stereocenters. The van der Waals surface area contributed by atoms with Gasteiger partial charge in [-0.15, -0.1) is 11.3 Å². The number of ether oxygens (including phenoxy) is 2. The molecule has 0 saturated carbocycles. The first-order valence-corrected chi connectivity index (χ1v) is 11.5. The van der Waals surface area contributed by atoms with E-state index in [0.717, 1.165) is 16.8 Å². The molecule has 4 rings (SSSR count). The molecule has 9 heteroatoms. The molecule has 174 valence electrons. The van der Waals surface area contributed by atoms with Crippen molar-refractivity contribution in [3.63, 3.8) is 0 Å². The van der Waals surface area contributed by atoms with E-state index in [-0.39, 0.29) is 11.7 Å². The molecule has 3 aromatic rings. The highest BCUT2D eigenvalue weighted by Gasteiger charge is 2.37. The first-order chi connectivity index (χ1) is 16.0. The second kappa shape index (κ2) is 10.2. The number of nitrogens with zero attached hydrogens (tertiary/aromatic N) is 2. The van der Waals surface area contributed by atoms with Gasteiger partial charge in [-0.05, 0) is 42.3 Å². The zero-order chi connectivity index (χ0) is 23.4. The van der Waals surface area contributed by atoms with Crippen LogP contribution in [0.25, 0.3) is 11.3 Å². The minimum atomic E-state index is -0.614. The van der Waals surface area contributed by atoms with Crippen molar-refractivity contribution in [3.05, 3.63) is 59.2 Å². The monoisotopic (exact) mass is 471 g/mol. The number of hydrogen-bond acceptors (Lipinski definition) is 7. The van der Waals surface area contributed by atoms with Crippen LogP contribution in [0, 0.1) is 5.82 Å². The van der Waals surface area contributed by atoms with Crippen LogP contribution in [0.4, 0.5) is 9.52 Å². The molecule has 0 aliphatic carbocycles. The summed E-state index contributed by atoms with van der Waals surface area (Å²) in [6.45, 7) is 0.721. The summed E-state index contributed by atoms with van der Waals surface area (Å²) in [6.07, 6.45) is 0.244. The SMILES string of the molecule is COc1ccc(-c2csc(N3CC(O)C[C@H]3C(=O)NCCc3cccc(F)c3)n2)cc1OC. The fourth-order valence-corrected chi connectivity index (χ4v) is 4.83. The molecule has 7 nitrogen and oxygen atoms in total. The van der Waals surface area contributed by atoms with Crippen LogP contribution >= 0.6 is 11.3 Å². The molecule has 1 aliphatic heterocycles. The van der Waals surface area contributed by atoms with Crippen LogP contribution < -0.4 is 19.7 Å². The highest BCUT2D eigenvalue weighted by molar-refractivity contribution is 7.14. The van der Waals surface area contributed by atoms with Crippen LogP contribution in [0.3, 0.4) is 0 Å². The van der Waals surface area contributed by atoms with Gasteiger partial charge in [0.2, 0.25) is 5.91 Å². The lowest BCUT2D eigenvalue weighted by Crippen LogP contribution is -2.44. The number of thiazole rings is 1. The van der Waals surface area contributed by atoms with Gasteiger partial charge in [0.15, 0.2) is 16.6 Å². The second-order valence-corrected chi connectivity index (χ2v) is 8.65. The second-order valence-electron chi connectivity index (χ2n) is 7.81. The van der Waals surface area contributed by atoms with Crippen LogP contribution in [0.1, 0.15) is 12.0 Å². The van der Waals surface area contributed by atoms with Gasteiger partial charge in [0.25, 0.3) is 0 Å². The Morgan fingerprint density at radius 2 is 2.06 bits per heavy atom. The van der Waals surface area contributed by atoms with Gasteiger partial charge in [-0.1, -0.05) is 12.1 Å². The molecule has 33 heavy (non-hydrogen) atoms. The Labute approximate surface area is 195 Å². The lowest BCUT2D eigenvalue weighted by molar-refractivity contribution is -0.122. The van der Waals surface area contributed by atoms with Gasteiger partial charge < -0.3 is 24.8 Å². The Hall–Kier alpha value is -3.17. The topological polar surface area (TPSA) is 83.9 Å². The van der Waals surface area contributed by atoms with Crippen molar-refractivity contribution in [1.82, 2.24) is 10.3 Å². The number of amides is 1. The van der Waals surface area contributed by atoms with Crippen molar-refractivity contribution >= 4 is 22.4 Å². The molecule has 1 aliphatic rings. The zero-order valence-electron chi connectivity index (χ0n) is 18.5. The van der Waals surface area contributed by atoms with E-state index in [2.05, 4.69) is 5.32 Å². The number of nitrogens with one attached hydrogen (secondary N) is 1. The van der Waals surface area contributed by atoms with E-state index in [1.807, 2.05) is 34.5 Å². The molecule has 1 fully saturated rings. The summed E-state index contributed by atoms with van der Waals surface area (Å²) in [5, 5.41) is 15.7. The summed E-state index contributed by atoms with van der Waals surface area (Å²) in [4.78, 5) is 19.4. The van der Waals surface area contributed by atoms with Crippen molar-refractivity contribution in [2.75, 3.05) is 32.2 Å². The fraction of sp³-hybridized carbons (Fsp3) is 0.333. The molecule has 0 spiro atoms. The number of halogens is 1. The minimum Gasteiger partial charge on any atom is -0.493 e. The van der Waals surface area contributed by atoms with Gasteiger partial charge in [0, 0.05) is 30.5 Å². The van der Waals surface area contributed by atoms with Gasteiger partial charge in [0.05, 0.1) is 26.0 Å². The van der Waals surface area contributed by atoms with Crippen LogP contribution in [-0.2, 0) is 11.2 Å². The maximum absolute atomic E-state index is 13.3. The van der Waals surface area contributed by atoms with Gasteiger partial charge in [-0.2, -0.15) is 0 Å². The van der Waals surface area contributed by atoms with Crippen molar-refractivity contribution in [2.45, 2.75) is 25.0 Å². The van der Waals surface area contributed by atoms with E-state index in [9.17, 15) is 14.3 Å². The molecular weight excluding hydrogens is 445 g/mol. The van der Waals surface area contributed by atoms with Crippen molar-refractivity contribution < 1.29 is 23.8 Å². The summed E-state index contributed by atoms with van der Waals surface area (Å²) < 4.78 is 24.0. The highest BCUT2D eigenvalue weighted by Crippen LogP contribution is 2.36. The normalized spacial score (nSPS) is 17.8. The Kier molecular flexibility index (Phi) is 7.10. The summed E-state index contributed by atoms with van der Waals surface area (Å²) in [7, 11) is 3.16. The third-order valence-electron chi connectivity index (χ3n) is 5.60. The summed E-state index contributed by atoms with van der Waals surface area (Å²) in [5.41, 5.74) is 2.44. The Balaban J connectivity index is 1.44. The Morgan fingerprint density at radius 1 is 1.24 bits per heavy atom. The minimum absolute atomic E-state index is 0.175. The number of β-amino-alcohol motifs (C(OH)–C–C–N with tert-alkyl or cyclic N) is 1. The molecule has 0 bridgehead atoms. The predicted octanol–water partition coefficient (Wildman–Crippen LogP) is 3.26. The first kappa shape index (κ1) is 23.0. The number of carbonyl (C=O) groups excluding carboxylic acids is 1. The number of aromatic nitrogens is 1. The first-order valence-electron chi connectivity index (χ1n) is 10.6. The lowest BCUT2D eigenvalue weighted by atomic mass is 10.1. The Morgan fingerprint density at radius 3 is 2.82 bits per heavy atom. The molecular formula is C24H26FN3O4S. The predicted molar refractivity (Wildman–Crippen MR) is 126 cm³/mol. The third kappa shape index (κ3) is 5.26. The number of benzene rings is 2. The van der Waals surface area contributed by atoms with Crippen molar-refractivity contribution in [3.8, 4) is 22.8 Å². The maximum Gasteiger partial charge on any atom is 0.242 e. The Bertz CT molecular complexity index is 1120. The van der Waals surface area contributed by atoms with Gasteiger partial charge in [-0.25, -0.2) is 9.37 Å². The molecule has 2 aromatic carbocycles. The van der Waals surface area contributed by atoms with Crippen LogP contribution in [-0.4, -0.2) is 55.5 Å². The zero-order valence-corrected chi connectivity index (χ0v) is 19.3. The molecule has 2 atom stereocenters. The summed E-state index contributed by atoms with van der Waals surface area (Å²) in [6, 6.07) is 11.4. The number of carbonyl (C=O) groups is 1. The number of anilines is 1. The molecule has 2 N–H and O–H groups in total. The molecule has 1 saturated heterocycles. The standard InChI is InChI=1S/C24H26FN3O4S/c1-31-21-7-6-16(11-22(21)32-2)19-14-33-24(27-19)28-13-18(29)12-20(28)23(30)26-9-8-15-4-3-5-17(25)10-15/h3-7,10-11,14,18,20,29H,8-9,12-13H2,1-2H3,(H,26,30)/t18?,20-/m0/s1. The highest BCUT2D eigenvalue weighted by atomic mass is 32.1. The smallest absolute Gasteiger partial charge is 0.242 e.